The van der Waals surface area contributed by atoms with Crippen molar-refractivity contribution in [2.75, 3.05) is 25.0 Å². The van der Waals surface area contributed by atoms with E-state index in [1.165, 1.54) is 12.1 Å². The van der Waals surface area contributed by atoms with Crippen molar-refractivity contribution >= 4 is 17.6 Å². The summed E-state index contributed by atoms with van der Waals surface area (Å²) in [5.74, 6) is -1.31. The number of anilines is 1. The molecule has 1 heterocycles. The lowest BCUT2D eigenvalue weighted by Gasteiger charge is -2.32. The molecule has 0 aromatic heterocycles. The average Bonchev–Trinajstić information content (AvgIpc) is 2.70. The first kappa shape index (κ1) is 19.9. The minimum absolute atomic E-state index is 0.0284. The third kappa shape index (κ3) is 5.09. The van der Waals surface area contributed by atoms with Crippen LogP contribution in [0.5, 0.6) is 0 Å². The second kappa shape index (κ2) is 8.87. The minimum atomic E-state index is -0.713. The number of likely N-dealkylation sites (N-methyl/N-ethyl adjacent to an activating group) is 1. The molecule has 3 rings (SSSR count). The Bertz CT molecular complexity index is 830. The Balaban J connectivity index is 1.58. The van der Waals surface area contributed by atoms with Gasteiger partial charge in [-0.05, 0) is 48.2 Å². The van der Waals surface area contributed by atoms with Crippen LogP contribution in [-0.2, 0) is 22.6 Å². The third-order valence-electron chi connectivity index (χ3n) is 5.23. The standard InChI is InChI=1S/C22H25FN2O3/c1-24(21(26)14-16-5-7-19(23)8-6-16)15-17-3-2-4-20(13-17)25-11-9-18(10-12-25)22(27)28/h2-8,13,18H,9-12,14-15H2,1H3,(H,27,28). The van der Waals surface area contributed by atoms with Gasteiger partial charge in [0.25, 0.3) is 0 Å². The van der Waals surface area contributed by atoms with Crippen molar-refractivity contribution in [2.45, 2.75) is 25.8 Å². The van der Waals surface area contributed by atoms with Gasteiger partial charge in [-0.2, -0.15) is 0 Å². The maximum atomic E-state index is 13.0. The molecule has 0 unspecified atom stereocenters. The summed E-state index contributed by atoms with van der Waals surface area (Å²) < 4.78 is 13.0. The predicted octanol–water partition coefficient (Wildman–Crippen LogP) is 3.33. The van der Waals surface area contributed by atoms with Crippen molar-refractivity contribution in [3.8, 4) is 0 Å². The number of aliphatic carboxylic acids is 1. The first-order valence-corrected chi connectivity index (χ1v) is 9.47. The van der Waals surface area contributed by atoms with E-state index in [9.17, 15) is 14.0 Å². The fourth-order valence-electron chi connectivity index (χ4n) is 3.51. The number of rotatable bonds is 6. The summed E-state index contributed by atoms with van der Waals surface area (Å²) in [7, 11) is 1.76. The highest BCUT2D eigenvalue weighted by Gasteiger charge is 2.24. The van der Waals surface area contributed by atoms with E-state index in [0.717, 1.165) is 29.9 Å². The van der Waals surface area contributed by atoms with E-state index in [2.05, 4.69) is 11.0 Å². The van der Waals surface area contributed by atoms with E-state index in [4.69, 9.17) is 5.11 Å². The van der Waals surface area contributed by atoms with E-state index in [0.29, 0.717) is 19.4 Å². The number of hydrogen-bond donors (Lipinski definition) is 1. The van der Waals surface area contributed by atoms with Gasteiger partial charge in [-0.3, -0.25) is 9.59 Å². The van der Waals surface area contributed by atoms with E-state index in [1.807, 2.05) is 18.2 Å². The second-order valence-corrected chi connectivity index (χ2v) is 7.32. The summed E-state index contributed by atoms with van der Waals surface area (Å²) in [6.07, 6.45) is 1.53. The molecular weight excluding hydrogens is 359 g/mol. The van der Waals surface area contributed by atoms with Gasteiger partial charge in [0.1, 0.15) is 5.82 Å². The second-order valence-electron chi connectivity index (χ2n) is 7.32. The molecule has 0 radical (unpaired) electrons. The van der Waals surface area contributed by atoms with Crippen LogP contribution >= 0.6 is 0 Å². The molecule has 1 N–H and O–H groups in total. The van der Waals surface area contributed by atoms with Gasteiger partial charge in [0.15, 0.2) is 0 Å². The summed E-state index contributed by atoms with van der Waals surface area (Å²) in [4.78, 5) is 27.4. The molecule has 0 bridgehead atoms. The fraction of sp³-hybridized carbons (Fsp3) is 0.364. The van der Waals surface area contributed by atoms with E-state index < -0.39 is 5.97 Å². The van der Waals surface area contributed by atoms with Crippen LogP contribution < -0.4 is 4.90 Å². The molecule has 2 aromatic carbocycles. The Morgan fingerprint density at radius 2 is 1.79 bits per heavy atom. The van der Waals surface area contributed by atoms with Crippen molar-refractivity contribution in [3.05, 3.63) is 65.5 Å². The number of carboxylic acid groups (broad SMARTS) is 1. The zero-order chi connectivity index (χ0) is 20.1. The number of carbonyl (C=O) groups excluding carboxylic acids is 1. The topological polar surface area (TPSA) is 60.9 Å². The summed E-state index contributed by atoms with van der Waals surface area (Å²) in [6.45, 7) is 1.93. The van der Waals surface area contributed by atoms with Crippen LogP contribution in [0.25, 0.3) is 0 Å². The van der Waals surface area contributed by atoms with E-state index >= 15 is 0 Å². The largest absolute Gasteiger partial charge is 0.481 e. The Hall–Kier alpha value is -2.89. The molecule has 0 atom stereocenters. The van der Waals surface area contributed by atoms with Gasteiger partial charge in [-0.25, -0.2) is 4.39 Å². The molecule has 0 aliphatic carbocycles. The highest BCUT2D eigenvalue weighted by molar-refractivity contribution is 5.78. The van der Waals surface area contributed by atoms with E-state index in [1.54, 1.807) is 24.1 Å². The smallest absolute Gasteiger partial charge is 0.306 e. The maximum absolute atomic E-state index is 13.0. The van der Waals surface area contributed by atoms with Crippen LogP contribution in [0.1, 0.15) is 24.0 Å². The molecule has 28 heavy (non-hydrogen) atoms. The number of hydrogen-bond acceptors (Lipinski definition) is 3. The number of benzene rings is 2. The number of piperidine rings is 1. The number of amides is 1. The first-order valence-electron chi connectivity index (χ1n) is 9.47. The molecule has 0 spiro atoms. The summed E-state index contributed by atoms with van der Waals surface area (Å²) in [5, 5.41) is 9.14. The molecule has 1 aliphatic rings. The third-order valence-corrected chi connectivity index (χ3v) is 5.23. The zero-order valence-corrected chi connectivity index (χ0v) is 16.0. The molecule has 148 valence electrons. The maximum Gasteiger partial charge on any atom is 0.306 e. The Morgan fingerprint density at radius 3 is 2.43 bits per heavy atom. The molecule has 1 amide bonds. The molecule has 2 aromatic rings. The van der Waals surface area contributed by atoms with Crippen LogP contribution in [0, 0.1) is 11.7 Å². The van der Waals surface area contributed by atoms with Gasteiger partial charge in [-0.1, -0.05) is 24.3 Å². The first-order chi connectivity index (χ1) is 13.4. The molecular formula is C22H25FN2O3. The van der Waals surface area contributed by atoms with Crippen molar-refractivity contribution < 1.29 is 19.1 Å². The normalized spacial score (nSPS) is 14.7. The van der Waals surface area contributed by atoms with Crippen molar-refractivity contribution in [1.82, 2.24) is 4.90 Å². The highest BCUT2D eigenvalue weighted by Crippen LogP contribution is 2.24. The summed E-state index contributed by atoms with van der Waals surface area (Å²) in [5.41, 5.74) is 2.86. The van der Waals surface area contributed by atoms with Gasteiger partial charge in [0.05, 0.1) is 12.3 Å². The number of carbonyl (C=O) groups is 2. The monoisotopic (exact) mass is 384 g/mol. The highest BCUT2D eigenvalue weighted by atomic mass is 19.1. The predicted molar refractivity (Wildman–Crippen MR) is 106 cm³/mol. The van der Waals surface area contributed by atoms with Crippen LogP contribution in [0.15, 0.2) is 48.5 Å². The van der Waals surface area contributed by atoms with Crippen LogP contribution in [0.4, 0.5) is 10.1 Å². The van der Waals surface area contributed by atoms with Crippen molar-refractivity contribution in [1.29, 1.82) is 0 Å². The quantitative estimate of drug-likeness (QED) is 0.830. The average molecular weight is 384 g/mol. The van der Waals surface area contributed by atoms with Gasteiger partial charge >= 0.3 is 5.97 Å². The fourth-order valence-corrected chi connectivity index (χ4v) is 3.51. The van der Waals surface area contributed by atoms with Gasteiger partial charge in [0, 0.05) is 32.4 Å². The van der Waals surface area contributed by atoms with Crippen LogP contribution in [-0.4, -0.2) is 42.0 Å². The van der Waals surface area contributed by atoms with Gasteiger partial charge in [-0.15, -0.1) is 0 Å². The molecule has 1 fully saturated rings. The Kier molecular flexibility index (Phi) is 6.29. The number of nitrogens with zero attached hydrogens (tertiary/aromatic N) is 2. The Labute approximate surface area is 164 Å². The lowest BCUT2D eigenvalue weighted by Crippen LogP contribution is -2.36. The lowest BCUT2D eigenvalue weighted by molar-refractivity contribution is -0.142. The molecule has 5 nitrogen and oxygen atoms in total. The molecule has 0 saturated carbocycles. The summed E-state index contributed by atoms with van der Waals surface area (Å²) >= 11 is 0. The Morgan fingerprint density at radius 1 is 1.11 bits per heavy atom. The van der Waals surface area contributed by atoms with Crippen LogP contribution in [0.2, 0.25) is 0 Å². The van der Waals surface area contributed by atoms with Gasteiger partial charge < -0.3 is 14.9 Å². The number of halogens is 1. The zero-order valence-electron chi connectivity index (χ0n) is 16.0. The van der Waals surface area contributed by atoms with Crippen molar-refractivity contribution in [2.24, 2.45) is 5.92 Å². The molecule has 1 aliphatic heterocycles. The van der Waals surface area contributed by atoms with Gasteiger partial charge in [0.2, 0.25) is 5.91 Å². The van der Waals surface area contributed by atoms with Crippen molar-refractivity contribution in [3.63, 3.8) is 0 Å². The van der Waals surface area contributed by atoms with E-state index in [-0.39, 0.29) is 24.1 Å². The number of carboxylic acids is 1. The SMILES string of the molecule is CN(Cc1cccc(N2CCC(C(=O)O)CC2)c1)C(=O)Cc1ccc(F)cc1. The van der Waals surface area contributed by atoms with Crippen LogP contribution in [0.3, 0.4) is 0 Å². The minimum Gasteiger partial charge on any atom is -0.481 e. The molecule has 1 saturated heterocycles. The molecule has 6 heteroatoms. The lowest BCUT2D eigenvalue weighted by atomic mass is 9.96. The summed E-state index contributed by atoms with van der Waals surface area (Å²) in [6, 6.07) is 14.0.